The van der Waals surface area contributed by atoms with E-state index in [1.54, 1.807) is 0 Å². The molecule has 0 aliphatic heterocycles. The predicted molar refractivity (Wildman–Crippen MR) is 122 cm³/mol. The van der Waals surface area contributed by atoms with Gasteiger partial charge in [-0.15, -0.1) is 0 Å². The molecule has 3 N–H and O–H groups in total. The van der Waals surface area contributed by atoms with Crippen LogP contribution in [0.4, 0.5) is 0 Å². The van der Waals surface area contributed by atoms with Crippen LogP contribution in [0.5, 0.6) is 0 Å². The molecule has 0 saturated carbocycles. The fourth-order valence-corrected chi connectivity index (χ4v) is 3.69. The molecular formula is C24H28ClN3O2. The minimum atomic E-state index is -0.652. The van der Waals surface area contributed by atoms with Gasteiger partial charge < -0.3 is 15.6 Å². The van der Waals surface area contributed by atoms with Gasteiger partial charge in [0.2, 0.25) is 11.8 Å². The largest absolute Gasteiger partial charge is 0.361 e. The molecule has 3 aromatic rings. The van der Waals surface area contributed by atoms with E-state index in [4.69, 9.17) is 11.6 Å². The van der Waals surface area contributed by atoms with Crippen molar-refractivity contribution in [3.8, 4) is 0 Å². The highest BCUT2D eigenvalue weighted by Crippen LogP contribution is 2.19. The summed E-state index contributed by atoms with van der Waals surface area (Å²) in [5, 5.41) is 7.69. The molecule has 0 radical (unpaired) electrons. The Hall–Kier alpha value is -2.79. The van der Waals surface area contributed by atoms with E-state index >= 15 is 0 Å². The number of para-hydroxylation sites is 1. The van der Waals surface area contributed by atoms with Crippen molar-refractivity contribution in [1.82, 2.24) is 15.6 Å². The van der Waals surface area contributed by atoms with E-state index < -0.39 is 6.04 Å². The maximum atomic E-state index is 13.1. The highest BCUT2D eigenvalue weighted by atomic mass is 35.5. The number of aromatic nitrogens is 1. The molecule has 5 nitrogen and oxygen atoms in total. The number of amides is 2. The molecule has 0 saturated heterocycles. The van der Waals surface area contributed by atoms with E-state index in [1.807, 2.05) is 75.5 Å². The number of carbonyl (C=O) groups is 2. The number of H-pyrrole nitrogens is 1. The molecule has 0 aliphatic rings. The van der Waals surface area contributed by atoms with Gasteiger partial charge in [-0.1, -0.05) is 55.8 Å². The fourth-order valence-electron chi connectivity index (χ4n) is 3.48. The Morgan fingerprint density at radius 1 is 0.967 bits per heavy atom. The van der Waals surface area contributed by atoms with Gasteiger partial charge in [0, 0.05) is 40.5 Å². The van der Waals surface area contributed by atoms with Crippen molar-refractivity contribution in [1.29, 1.82) is 0 Å². The molecule has 30 heavy (non-hydrogen) atoms. The Bertz CT molecular complexity index is 1030. The molecule has 1 aromatic heterocycles. The number of carbonyl (C=O) groups excluding carboxylic acids is 2. The van der Waals surface area contributed by atoms with Crippen LogP contribution in [0.1, 0.15) is 31.9 Å². The molecule has 0 spiro atoms. The second-order valence-electron chi connectivity index (χ2n) is 8.02. The number of hydrogen-bond donors (Lipinski definition) is 3. The lowest BCUT2D eigenvalue weighted by Gasteiger charge is -2.22. The zero-order chi connectivity index (χ0) is 21.7. The van der Waals surface area contributed by atoms with Crippen molar-refractivity contribution < 1.29 is 9.59 Å². The van der Waals surface area contributed by atoms with E-state index in [2.05, 4.69) is 15.6 Å². The average Bonchev–Trinajstić information content (AvgIpc) is 3.10. The van der Waals surface area contributed by atoms with Crippen LogP contribution >= 0.6 is 11.6 Å². The van der Waals surface area contributed by atoms with Crippen molar-refractivity contribution >= 4 is 34.3 Å². The van der Waals surface area contributed by atoms with Gasteiger partial charge in [-0.3, -0.25) is 9.59 Å². The number of rotatable bonds is 8. The minimum Gasteiger partial charge on any atom is -0.361 e. The zero-order valence-corrected chi connectivity index (χ0v) is 18.3. The third-order valence-electron chi connectivity index (χ3n) is 5.08. The Kier molecular flexibility index (Phi) is 7.16. The van der Waals surface area contributed by atoms with Crippen LogP contribution in [-0.2, 0) is 22.4 Å². The first-order valence-corrected chi connectivity index (χ1v) is 10.6. The van der Waals surface area contributed by atoms with Crippen molar-refractivity contribution in [3.63, 3.8) is 0 Å². The summed E-state index contributed by atoms with van der Waals surface area (Å²) >= 11 is 6.06. The average molecular weight is 426 g/mol. The first kappa shape index (κ1) is 21.9. The molecule has 0 fully saturated rings. The molecule has 2 atom stereocenters. The third-order valence-corrected chi connectivity index (χ3v) is 5.31. The van der Waals surface area contributed by atoms with Crippen molar-refractivity contribution in [2.24, 2.45) is 5.92 Å². The summed E-state index contributed by atoms with van der Waals surface area (Å²) < 4.78 is 0. The number of nitrogens with one attached hydrogen (secondary N) is 3. The summed E-state index contributed by atoms with van der Waals surface area (Å²) in [6.07, 6.45) is 2.98. The van der Waals surface area contributed by atoms with Gasteiger partial charge in [0.05, 0.1) is 0 Å². The SMILES string of the molecule is CC(C)C(=O)N[C@H](Cc1c[nH]c2ccccc12)C(=O)N[C@H](C)Cc1cccc(Cl)c1. The van der Waals surface area contributed by atoms with Crippen LogP contribution in [0.3, 0.4) is 0 Å². The van der Waals surface area contributed by atoms with Gasteiger partial charge in [-0.05, 0) is 42.7 Å². The van der Waals surface area contributed by atoms with Gasteiger partial charge in [0.15, 0.2) is 0 Å². The van der Waals surface area contributed by atoms with Crippen LogP contribution in [0.15, 0.2) is 54.7 Å². The van der Waals surface area contributed by atoms with E-state index in [0.29, 0.717) is 17.9 Å². The van der Waals surface area contributed by atoms with Crippen molar-refractivity contribution in [2.75, 3.05) is 0 Å². The predicted octanol–water partition coefficient (Wildman–Crippen LogP) is 4.25. The Balaban J connectivity index is 1.73. The summed E-state index contributed by atoms with van der Waals surface area (Å²) in [4.78, 5) is 28.6. The van der Waals surface area contributed by atoms with E-state index in [-0.39, 0.29) is 23.8 Å². The minimum absolute atomic E-state index is 0.0996. The third kappa shape index (κ3) is 5.63. The van der Waals surface area contributed by atoms with Gasteiger partial charge in [0.1, 0.15) is 6.04 Å². The standard InChI is InChI=1S/C24H28ClN3O2/c1-15(2)23(29)28-22(13-18-14-26-21-10-5-4-9-20(18)21)24(30)27-16(3)11-17-7-6-8-19(25)12-17/h4-10,12,14-16,22,26H,11,13H2,1-3H3,(H,27,30)(H,28,29)/t16-,22-/m1/s1. The molecular weight excluding hydrogens is 398 g/mol. The Morgan fingerprint density at radius 2 is 1.73 bits per heavy atom. The number of fused-ring (bicyclic) bond motifs is 1. The summed E-state index contributed by atoms with van der Waals surface area (Å²) in [5.74, 6) is -0.534. The zero-order valence-electron chi connectivity index (χ0n) is 17.5. The van der Waals surface area contributed by atoms with Gasteiger partial charge >= 0.3 is 0 Å². The summed E-state index contributed by atoms with van der Waals surface area (Å²) in [5.41, 5.74) is 3.06. The van der Waals surface area contributed by atoms with Gasteiger partial charge in [-0.25, -0.2) is 0 Å². The summed E-state index contributed by atoms with van der Waals surface area (Å²) in [7, 11) is 0. The van der Waals surface area contributed by atoms with Crippen LogP contribution in [-0.4, -0.2) is 28.9 Å². The molecule has 0 bridgehead atoms. The molecule has 158 valence electrons. The second kappa shape index (κ2) is 9.81. The van der Waals surface area contributed by atoms with Crippen LogP contribution in [0.25, 0.3) is 10.9 Å². The molecule has 2 amide bonds. The molecule has 1 heterocycles. The number of halogens is 1. The van der Waals surface area contributed by atoms with Gasteiger partial charge in [0.25, 0.3) is 0 Å². The number of hydrogen-bond acceptors (Lipinski definition) is 2. The summed E-state index contributed by atoms with van der Waals surface area (Å²) in [6.45, 7) is 5.58. The van der Waals surface area contributed by atoms with E-state index in [9.17, 15) is 9.59 Å². The normalized spacial score (nSPS) is 13.2. The molecule has 0 aliphatic carbocycles. The number of benzene rings is 2. The lowest BCUT2D eigenvalue weighted by atomic mass is 10.0. The molecule has 3 rings (SSSR count). The maximum absolute atomic E-state index is 13.1. The molecule has 6 heteroatoms. The van der Waals surface area contributed by atoms with Crippen molar-refractivity contribution in [2.45, 2.75) is 45.7 Å². The molecule has 2 aromatic carbocycles. The Labute approximate surface area is 182 Å². The topological polar surface area (TPSA) is 74.0 Å². The Morgan fingerprint density at radius 3 is 2.47 bits per heavy atom. The quantitative estimate of drug-likeness (QED) is 0.504. The second-order valence-corrected chi connectivity index (χ2v) is 8.46. The lowest BCUT2D eigenvalue weighted by Crippen LogP contribution is -2.51. The van der Waals surface area contributed by atoms with Crippen LogP contribution in [0.2, 0.25) is 5.02 Å². The first-order chi connectivity index (χ1) is 14.3. The van der Waals surface area contributed by atoms with Gasteiger partial charge in [-0.2, -0.15) is 0 Å². The highest BCUT2D eigenvalue weighted by molar-refractivity contribution is 6.30. The lowest BCUT2D eigenvalue weighted by molar-refractivity contribution is -0.130. The summed E-state index contributed by atoms with van der Waals surface area (Å²) in [6, 6.07) is 14.8. The van der Waals surface area contributed by atoms with Crippen molar-refractivity contribution in [3.05, 3.63) is 70.9 Å². The van der Waals surface area contributed by atoms with E-state index in [0.717, 1.165) is 22.0 Å². The van der Waals surface area contributed by atoms with E-state index in [1.165, 1.54) is 0 Å². The highest BCUT2D eigenvalue weighted by Gasteiger charge is 2.24. The monoisotopic (exact) mass is 425 g/mol. The first-order valence-electron chi connectivity index (χ1n) is 10.2. The van der Waals surface area contributed by atoms with Crippen LogP contribution in [0, 0.1) is 5.92 Å². The number of aromatic amines is 1. The smallest absolute Gasteiger partial charge is 0.243 e. The van der Waals surface area contributed by atoms with Crippen LogP contribution < -0.4 is 10.6 Å². The maximum Gasteiger partial charge on any atom is 0.243 e. The fraction of sp³-hybridized carbons (Fsp3) is 0.333. The molecule has 0 unspecified atom stereocenters.